The Morgan fingerprint density at radius 2 is 2.13 bits per heavy atom. The van der Waals surface area contributed by atoms with Crippen LogP contribution < -0.4 is 5.32 Å². The van der Waals surface area contributed by atoms with Gasteiger partial charge < -0.3 is 5.32 Å². The molecule has 0 bridgehead atoms. The monoisotopic (exact) mass is 265 g/mol. The fraction of sp³-hybridized carbons (Fsp3) is 0.417. The van der Waals surface area contributed by atoms with Gasteiger partial charge in [0.1, 0.15) is 0 Å². The van der Waals surface area contributed by atoms with E-state index in [9.17, 15) is 4.79 Å². The molecule has 0 atom stereocenters. The molecule has 1 aromatic carbocycles. The standard InChI is InChI=1S/C12H12BrNO/c1-7-5-10-8(6-9(7)13)12(3-2-4-12)11(15)14-10/h5-6H,2-4H2,1H3,(H,14,15). The van der Waals surface area contributed by atoms with Gasteiger partial charge in [-0.2, -0.15) is 0 Å². The summed E-state index contributed by atoms with van der Waals surface area (Å²) in [5, 5.41) is 3.00. The third-order valence-corrected chi connectivity index (χ3v) is 4.56. The number of aryl methyl sites for hydroxylation is 1. The summed E-state index contributed by atoms with van der Waals surface area (Å²) in [6.07, 6.45) is 3.17. The summed E-state index contributed by atoms with van der Waals surface area (Å²) in [5.74, 6) is 0.196. The van der Waals surface area contributed by atoms with Crippen LogP contribution in [0.25, 0.3) is 0 Å². The number of rotatable bonds is 0. The molecule has 15 heavy (non-hydrogen) atoms. The zero-order valence-electron chi connectivity index (χ0n) is 8.56. The maximum atomic E-state index is 11.9. The molecule has 1 aliphatic heterocycles. The third kappa shape index (κ3) is 1.07. The third-order valence-electron chi connectivity index (χ3n) is 3.70. The van der Waals surface area contributed by atoms with Crippen molar-refractivity contribution in [2.24, 2.45) is 0 Å². The van der Waals surface area contributed by atoms with Gasteiger partial charge in [-0.05, 0) is 43.0 Å². The average Bonchev–Trinajstić information content (AvgIpc) is 2.37. The number of hydrogen-bond donors (Lipinski definition) is 1. The minimum absolute atomic E-state index is 0.189. The topological polar surface area (TPSA) is 29.1 Å². The molecule has 3 heteroatoms. The molecule has 1 saturated carbocycles. The quantitative estimate of drug-likeness (QED) is 0.768. The Balaban J connectivity index is 2.21. The van der Waals surface area contributed by atoms with E-state index < -0.39 is 0 Å². The molecule has 1 aromatic rings. The van der Waals surface area contributed by atoms with E-state index in [2.05, 4.69) is 33.4 Å². The number of carbonyl (C=O) groups excluding carboxylic acids is 1. The molecule has 2 aliphatic rings. The number of nitrogens with one attached hydrogen (secondary N) is 1. The first-order chi connectivity index (χ1) is 7.13. The van der Waals surface area contributed by atoms with Crippen molar-refractivity contribution in [2.75, 3.05) is 5.32 Å². The minimum Gasteiger partial charge on any atom is -0.325 e. The van der Waals surface area contributed by atoms with Gasteiger partial charge in [0.15, 0.2) is 0 Å². The fourth-order valence-corrected chi connectivity index (χ4v) is 2.92. The van der Waals surface area contributed by atoms with Crippen molar-refractivity contribution in [2.45, 2.75) is 31.6 Å². The van der Waals surface area contributed by atoms with Crippen molar-refractivity contribution in [1.82, 2.24) is 0 Å². The molecule has 1 amide bonds. The first-order valence-corrected chi connectivity index (χ1v) is 6.05. The summed E-state index contributed by atoms with van der Waals surface area (Å²) in [4.78, 5) is 11.9. The lowest BCUT2D eigenvalue weighted by Crippen LogP contribution is -2.40. The highest BCUT2D eigenvalue weighted by Gasteiger charge is 2.51. The van der Waals surface area contributed by atoms with Crippen LogP contribution in [0, 0.1) is 6.92 Å². The van der Waals surface area contributed by atoms with Gasteiger partial charge in [0.2, 0.25) is 5.91 Å². The van der Waals surface area contributed by atoms with Crippen LogP contribution in [-0.2, 0) is 10.2 Å². The second kappa shape index (κ2) is 2.85. The van der Waals surface area contributed by atoms with E-state index in [1.165, 1.54) is 17.5 Å². The molecule has 1 spiro atoms. The van der Waals surface area contributed by atoms with Crippen molar-refractivity contribution in [3.63, 3.8) is 0 Å². The molecule has 1 N–H and O–H groups in total. The molecule has 0 radical (unpaired) electrons. The molecule has 0 unspecified atom stereocenters. The molecule has 3 rings (SSSR count). The van der Waals surface area contributed by atoms with Gasteiger partial charge in [-0.25, -0.2) is 0 Å². The highest BCUT2D eigenvalue weighted by atomic mass is 79.9. The van der Waals surface area contributed by atoms with E-state index in [4.69, 9.17) is 0 Å². The van der Waals surface area contributed by atoms with E-state index in [0.717, 1.165) is 23.0 Å². The van der Waals surface area contributed by atoms with E-state index in [1.807, 2.05) is 6.92 Å². The SMILES string of the molecule is Cc1cc2c(cc1Br)C1(CCC1)C(=O)N2. The summed E-state index contributed by atoms with van der Waals surface area (Å²) in [5.41, 5.74) is 3.19. The number of carbonyl (C=O) groups is 1. The van der Waals surface area contributed by atoms with E-state index >= 15 is 0 Å². The van der Waals surface area contributed by atoms with E-state index in [1.54, 1.807) is 0 Å². The first kappa shape index (κ1) is 9.40. The highest BCUT2D eigenvalue weighted by Crippen LogP contribution is 2.51. The molecule has 2 nitrogen and oxygen atoms in total. The van der Waals surface area contributed by atoms with Crippen molar-refractivity contribution in [3.05, 3.63) is 27.7 Å². The van der Waals surface area contributed by atoms with Crippen molar-refractivity contribution in [3.8, 4) is 0 Å². The van der Waals surface area contributed by atoms with Crippen LogP contribution in [0.4, 0.5) is 5.69 Å². The van der Waals surface area contributed by atoms with Crippen LogP contribution in [-0.4, -0.2) is 5.91 Å². The van der Waals surface area contributed by atoms with Crippen LogP contribution in [0.1, 0.15) is 30.4 Å². The maximum Gasteiger partial charge on any atom is 0.235 e. The summed E-state index contributed by atoms with van der Waals surface area (Å²) in [7, 11) is 0. The Bertz CT molecular complexity index is 463. The predicted molar refractivity (Wildman–Crippen MR) is 63.0 cm³/mol. The summed E-state index contributed by atoms with van der Waals surface area (Å²) >= 11 is 3.53. The fourth-order valence-electron chi connectivity index (χ4n) is 2.57. The van der Waals surface area contributed by atoms with Crippen molar-refractivity contribution < 1.29 is 4.79 Å². The van der Waals surface area contributed by atoms with Gasteiger partial charge >= 0.3 is 0 Å². The highest BCUT2D eigenvalue weighted by molar-refractivity contribution is 9.10. The summed E-state index contributed by atoms with van der Waals surface area (Å²) < 4.78 is 1.10. The zero-order chi connectivity index (χ0) is 10.6. The van der Waals surface area contributed by atoms with Crippen molar-refractivity contribution >= 4 is 27.5 Å². The van der Waals surface area contributed by atoms with Gasteiger partial charge in [0.05, 0.1) is 5.41 Å². The number of hydrogen-bond acceptors (Lipinski definition) is 1. The van der Waals surface area contributed by atoms with Crippen LogP contribution in [0.2, 0.25) is 0 Å². The Morgan fingerprint density at radius 3 is 2.73 bits per heavy atom. The van der Waals surface area contributed by atoms with Gasteiger partial charge in [0, 0.05) is 10.2 Å². The number of benzene rings is 1. The molecule has 1 heterocycles. The number of anilines is 1. The second-order valence-electron chi connectivity index (χ2n) is 4.54. The van der Waals surface area contributed by atoms with Crippen molar-refractivity contribution in [1.29, 1.82) is 0 Å². The Morgan fingerprint density at radius 1 is 1.40 bits per heavy atom. The lowest BCUT2D eigenvalue weighted by atomic mass is 9.65. The van der Waals surface area contributed by atoms with Gasteiger partial charge in [-0.15, -0.1) is 0 Å². The average molecular weight is 266 g/mol. The molecular formula is C12H12BrNO. The molecule has 0 saturated heterocycles. The van der Waals surface area contributed by atoms with E-state index in [0.29, 0.717) is 0 Å². The molecule has 78 valence electrons. The van der Waals surface area contributed by atoms with Crippen LogP contribution >= 0.6 is 15.9 Å². The van der Waals surface area contributed by atoms with Gasteiger partial charge in [0.25, 0.3) is 0 Å². The Labute approximate surface area is 97.2 Å². The zero-order valence-corrected chi connectivity index (χ0v) is 10.1. The summed E-state index contributed by atoms with van der Waals surface area (Å²) in [6.45, 7) is 2.04. The van der Waals surface area contributed by atoms with Gasteiger partial charge in [-0.1, -0.05) is 22.4 Å². The summed E-state index contributed by atoms with van der Waals surface area (Å²) in [6, 6.07) is 4.17. The lowest BCUT2D eigenvalue weighted by molar-refractivity contribution is -0.123. The molecule has 1 aliphatic carbocycles. The second-order valence-corrected chi connectivity index (χ2v) is 5.39. The first-order valence-electron chi connectivity index (χ1n) is 5.25. The largest absolute Gasteiger partial charge is 0.325 e. The van der Waals surface area contributed by atoms with Gasteiger partial charge in [-0.3, -0.25) is 4.79 Å². The molecule has 1 fully saturated rings. The number of halogens is 1. The van der Waals surface area contributed by atoms with Crippen LogP contribution in [0.5, 0.6) is 0 Å². The van der Waals surface area contributed by atoms with Crippen LogP contribution in [0.3, 0.4) is 0 Å². The number of fused-ring (bicyclic) bond motifs is 2. The molecular weight excluding hydrogens is 254 g/mol. The normalized spacial score (nSPS) is 21.1. The molecule has 0 aromatic heterocycles. The van der Waals surface area contributed by atoms with E-state index in [-0.39, 0.29) is 11.3 Å². The Kier molecular flexibility index (Phi) is 1.78. The lowest BCUT2D eigenvalue weighted by Gasteiger charge is -2.36. The predicted octanol–water partition coefficient (Wildman–Crippen LogP) is 3.13. The van der Waals surface area contributed by atoms with Crippen LogP contribution in [0.15, 0.2) is 16.6 Å². The minimum atomic E-state index is -0.189. The number of amides is 1. The Hall–Kier alpha value is -0.830. The maximum absolute atomic E-state index is 11.9. The smallest absolute Gasteiger partial charge is 0.235 e.